The van der Waals surface area contributed by atoms with Gasteiger partial charge >= 0.3 is 5.97 Å². The van der Waals surface area contributed by atoms with Crippen molar-refractivity contribution in [3.8, 4) is 0 Å². The van der Waals surface area contributed by atoms with Crippen LogP contribution in [0.1, 0.15) is 13.3 Å². The molecule has 0 saturated carbocycles. The third-order valence-electron chi connectivity index (χ3n) is 0.694. The molecule has 0 aliphatic carbocycles. The predicted octanol–water partition coefficient (Wildman–Crippen LogP) is -0.260. The highest BCUT2D eigenvalue weighted by molar-refractivity contribution is 5.67. The van der Waals surface area contributed by atoms with Crippen LogP contribution in [-0.2, 0) is 9.63 Å². The number of rotatable bonds is 3. The molecule has 48 valence electrons. The van der Waals surface area contributed by atoms with Crippen molar-refractivity contribution in [1.82, 2.24) is 0 Å². The Balaban J connectivity index is 3.24. The molecule has 0 bridgehead atoms. The minimum Gasteiger partial charge on any atom is -0.481 e. The zero-order chi connectivity index (χ0) is 6.57. The summed E-state index contributed by atoms with van der Waals surface area (Å²) in [5, 5.41) is 8.08. The molecule has 1 atom stereocenters. The minimum atomic E-state index is -0.900. The molecular formula is C4H9NO3. The van der Waals surface area contributed by atoms with Crippen LogP contribution < -0.4 is 5.90 Å². The maximum Gasteiger partial charge on any atom is 0.306 e. The van der Waals surface area contributed by atoms with Crippen molar-refractivity contribution in [2.75, 3.05) is 0 Å². The summed E-state index contributed by atoms with van der Waals surface area (Å²) in [5.41, 5.74) is 0. The summed E-state index contributed by atoms with van der Waals surface area (Å²) in [5.74, 6) is 3.76. The molecule has 0 aliphatic rings. The lowest BCUT2D eigenvalue weighted by Gasteiger charge is -2.01. The van der Waals surface area contributed by atoms with E-state index in [1.54, 1.807) is 6.92 Å². The third kappa shape index (κ3) is 3.58. The fourth-order valence-corrected chi connectivity index (χ4v) is 0.294. The van der Waals surface area contributed by atoms with E-state index in [0.717, 1.165) is 0 Å². The normalized spacial score (nSPS) is 13.2. The highest BCUT2D eigenvalue weighted by Crippen LogP contribution is 1.91. The molecule has 0 aromatic carbocycles. The molecule has 8 heavy (non-hydrogen) atoms. The van der Waals surface area contributed by atoms with Crippen LogP contribution in [-0.4, -0.2) is 17.2 Å². The molecule has 0 heterocycles. The summed E-state index contributed by atoms with van der Waals surface area (Å²) in [6.07, 6.45) is -0.441. The molecule has 3 N–H and O–H groups in total. The Labute approximate surface area is 47.2 Å². The first-order valence-corrected chi connectivity index (χ1v) is 2.24. The molecule has 0 fully saturated rings. The molecular weight excluding hydrogens is 110 g/mol. The first-order chi connectivity index (χ1) is 3.66. The Hall–Kier alpha value is -0.610. The van der Waals surface area contributed by atoms with Crippen molar-refractivity contribution in [2.45, 2.75) is 19.4 Å². The zero-order valence-electron chi connectivity index (χ0n) is 4.63. The average Bonchev–Trinajstić information content (AvgIpc) is 1.65. The van der Waals surface area contributed by atoms with Gasteiger partial charge in [-0.3, -0.25) is 4.79 Å². The topological polar surface area (TPSA) is 72.5 Å². The Morgan fingerprint density at radius 3 is 2.62 bits per heavy atom. The fourth-order valence-electron chi connectivity index (χ4n) is 0.294. The summed E-state index contributed by atoms with van der Waals surface area (Å²) in [7, 11) is 0. The second kappa shape index (κ2) is 3.40. The average molecular weight is 119 g/mol. The highest BCUT2D eigenvalue weighted by Gasteiger charge is 2.04. The monoisotopic (exact) mass is 119 g/mol. The number of hydrogen-bond donors (Lipinski definition) is 2. The van der Waals surface area contributed by atoms with E-state index in [9.17, 15) is 4.79 Å². The van der Waals surface area contributed by atoms with Gasteiger partial charge in [0.15, 0.2) is 0 Å². The number of carbonyl (C=O) groups is 1. The molecule has 4 nitrogen and oxygen atoms in total. The lowest BCUT2D eigenvalue weighted by Crippen LogP contribution is -2.16. The van der Waals surface area contributed by atoms with Crippen molar-refractivity contribution >= 4 is 5.97 Å². The van der Waals surface area contributed by atoms with E-state index in [1.807, 2.05) is 0 Å². The lowest BCUT2D eigenvalue weighted by molar-refractivity contribution is -0.139. The maximum absolute atomic E-state index is 9.83. The Morgan fingerprint density at radius 2 is 2.50 bits per heavy atom. The van der Waals surface area contributed by atoms with E-state index in [1.165, 1.54) is 0 Å². The van der Waals surface area contributed by atoms with Crippen LogP contribution in [0.15, 0.2) is 0 Å². The summed E-state index contributed by atoms with van der Waals surface area (Å²) < 4.78 is 0. The molecule has 0 aromatic rings. The molecule has 1 unspecified atom stereocenters. The fraction of sp³-hybridized carbons (Fsp3) is 0.750. The first-order valence-electron chi connectivity index (χ1n) is 2.24. The van der Waals surface area contributed by atoms with Gasteiger partial charge in [-0.1, -0.05) is 0 Å². The second-order valence-corrected chi connectivity index (χ2v) is 1.54. The molecule has 0 rings (SSSR count). The van der Waals surface area contributed by atoms with Crippen LogP contribution >= 0.6 is 0 Å². The Kier molecular flexibility index (Phi) is 3.14. The van der Waals surface area contributed by atoms with E-state index < -0.39 is 12.1 Å². The lowest BCUT2D eigenvalue weighted by atomic mass is 10.3. The molecule has 4 heteroatoms. The van der Waals surface area contributed by atoms with Gasteiger partial charge in [-0.25, -0.2) is 5.90 Å². The van der Waals surface area contributed by atoms with Crippen LogP contribution in [0, 0.1) is 0 Å². The number of carboxylic acid groups (broad SMARTS) is 1. The largest absolute Gasteiger partial charge is 0.481 e. The summed E-state index contributed by atoms with van der Waals surface area (Å²) in [6, 6.07) is 0. The molecule has 0 aliphatic heterocycles. The molecule has 0 amide bonds. The van der Waals surface area contributed by atoms with Gasteiger partial charge in [-0.15, -0.1) is 0 Å². The molecule has 0 aromatic heterocycles. The number of nitrogens with two attached hydrogens (primary N) is 1. The van der Waals surface area contributed by atoms with Gasteiger partial charge in [0.1, 0.15) is 0 Å². The summed E-state index contributed by atoms with van der Waals surface area (Å²) in [4.78, 5) is 14.0. The zero-order valence-corrected chi connectivity index (χ0v) is 4.63. The SMILES string of the molecule is CC(CC(=O)O)ON. The van der Waals surface area contributed by atoms with Gasteiger partial charge in [-0.05, 0) is 6.92 Å². The van der Waals surface area contributed by atoms with Gasteiger partial charge in [0.2, 0.25) is 0 Å². The van der Waals surface area contributed by atoms with Crippen molar-refractivity contribution in [3.63, 3.8) is 0 Å². The number of hydrogen-bond acceptors (Lipinski definition) is 3. The highest BCUT2D eigenvalue weighted by atomic mass is 16.6. The smallest absolute Gasteiger partial charge is 0.306 e. The van der Waals surface area contributed by atoms with E-state index in [4.69, 9.17) is 5.11 Å². The van der Waals surface area contributed by atoms with E-state index in [0.29, 0.717) is 0 Å². The minimum absolute atomic E-state index is 0.0451. The van der Waals surface area contributed by atoms with Gasteiger partial charge in [-0.2, -0.15) is 0 Å². The van der Waals surface area contributed by atoms with Crippen LogP contribution in [0.2, 0.25) is 0 Å². The first kappa shape index (κ1) is 7.39. The van der Waals surface area contributed by atoms with Gasteiger partial charge < -0.3 is 9.94 Å². The van der Waals surface area contributed by atoms with Gasteiger partial charge in [0, 0.05) is 0 Å². The van der Waals surface area contributed by atoms with Crippen molar-refractivity contribution in [1.29, 1.82) is 0 Å². The van der Waals surface area contributed by atoms with Crippen molar-refractivity contribution < 1.29 is 14.7 Å². The van der Waals surface area contributed by atoms with Crippen LogP contribution in [0.25, 0.3) is 0 Å². The molecule has 0 radical (unpaired) electrons. The van der Waals surface area contributed by atoms with Gasteiger partial charge in [0.25, 0.3) is 0 Å². The number of carboxylic acids is 1. The standard InChI is InChI=1S/C4H9NO3/c1-3(8-5)2-4(6)7/h3H,2,5H2,1H3,(H,6,7). The maximum atomic E-state index is 9.83. The Bertz CT molecular complexity index is 83.4. The van der Waals surface area contributed by atoms with Crippen LogP contribution in [0.5, 0.6) is 0 Å². The predicted molar refractivity (Wildman–Crippen MR) is 27.0 cm³/mol. The van der Waals surface area contributed by atoms with E-state index in [-0.39, 0.29) is 6.42 Å². The quantitative estimate of drug-likeness (QED) is 0.502. The summed E-state index contributed by atoms with van der Waals surface area (Å²) >= 11 is 0. The molecule has 0 spiro atoms. The van der Waals surface area contributed by atoms with Crippen molar-refractivity contribution in [2.24, 2.45) is 5.90 Å². The van der Waals surface area contributed by atoms with E-state index in [2.05, 4.69) is 10.7 Å². The third-order valence-corrected chi connectivity index (χ3v) is 0.694. The van der Waals surface area contributed by atoms with Crippen LogP contribution in [0.3, 0.4) is 0 Å². The van der Waals surface area contributed by atoms with Crippen molar-refractivity contribution in [3.05, 3.63) is 0 Å². The molecule has 0 saturated heterocycles. The Morgan fingerprint density at radius 1 is 2.00 bits per heavy atom. The number of aliphatic carboxylic acids is 1. The van der Waals surface area contributed by atoms with E-state index >= 15 is 0 Å². The van der Waals surface area contributed by atoms with Gasteiger partial charge in [0.05, 0.1) is 12.5 Å². The summed E-state index contributed by atoms with van der Waals surface area (Å²) in [6.45, 7) is 1.59. The second-order valence-electron chi connectivity index (χ2n) is 1.54. The van der Waals surface area contributed by atoms with Crippen LogP contribution in [0.4, 0.5) is 0 Å².